The molecule has 110 valence electrons. The zero-order chi connectivity index (χ0) is 14.4. The molecule has 2 rings (SSSR count). The van der Waals surface area contributed by atoms with Gasteiger partial charge in [-0.25, -0.2) is 9.97 Å². The topological polar surface area (TPSA) is 39.9 Å². The second kappa shape index (κ2) is 7.96. The highest BCUT2D eigenvalue weighted by atomic mass is 79.9. The number of halogens is 2. The molecule has 0 N–H and O–H groups in total. The third kappa shape index (κ3) is 3.93. The molecule has 2 heterocycles. The van der Waals surface area contributed by atoms with E-state index in [1.165, 1.54) is 0 Å². The molecule has 2 aromatic heterocycles. The van der Waals surface area contributed by atoms with Crippen LogP contribution in [0.3, 0.4) is 0 Å². The number of hydrogen-bond acceptors (Lipinski definition) is 3. The Morgan fingerprint density at radius 3 is 3.00 bits per heavy atom. The number of hydrogen-bond donors (Lipinski definition) is 0. The minimum atomic E-state index is 0.566. The highest BCUT2D eigenvalue weighted by molar-refractivity contribution is 9.10. The van der Waals surface area contributed by atoms with Gasteiger partial charge < -0.3 is 9.30 Å². The van der Waals surface area contributed by atoms with Crippen molar-refractivity contribution in [2.75, 3.05) is 19.1 Å². The van der Waals surface area contributed by atoms with E-state index in [2.05, 4.69) is 37.4 Å². The summed E-state index contributed by atoms with van der Waals surface area (Å²) in [6.07, 6.45) is 4.57. The van der Waals surface area contributed by atoms with Crippen LogP contribution in [0.25, 0.3) is 11.2 Å². The highest BCUT2D eigenvalue weighted by Gasteiger charge is 2.11. The van der Waals surface area contributed by atoms with E-state index in [4.69, 9.17) is 16.3 Å². The predicted molar refractivity (Wildman–Crippen MR) is 85.4 cm³/mol. The number of fused-ring (bicyclic) bond motifs is 1. The molecule has 0 aliphatic rings. The van der Waals surface area contributed by atoms with Crippen LogP contribution in [0, 0.1) is 0 Å². The Hall–Kier alpha value is -0.650. The zero-order valence-corrected chi connectivity index (χ0v) is 14.0. The van der Waals surface area contributed by atoms with Gasteiger partial charge in [-0.15, -0.1) is 11.6 Å². The van der Waals surface area contributed by atoms with Crippen LogP contribution in [-0.2, 0) is 17.7 Å². The van der Waals surface area contributed by atoms with Crippen molar-refractivity contribution in [3.63, 3.8) is 0 Å². The lowest BCUT2D eigenvalue weighted by atomic mass is 10.4. The molecule has 0 radical (unpaired) electrons. The lowest BCUT2D eigenvalue weighted by Crippen LogP contribution is -2.08. The molecular weight excluding hydrogens is 342 g/mol. The lowest BCUT2D eigenvalue weighted by Gasteiger charge is -2.08. The van der Waals surface area contributed by atoms with Crippen LogP contribution >= 0.6 is 27.5 Å². The van der Waals surface area contributed by atoms with Gasteiger partial charge in [-0.1, -0.05) is 6.92 Å². The van der Waals surface area contributed by atoms with E-state index in [0.29, 0.717) is 5.88 Å². The first kappa shape index (κ1) is 15.7. The van der Waals surface area contributed by atoms with Gasteiger partial charge in [0.05, 0.1) is 0 Å². The predicted octanol–water partition coefficient (Wildman–Crippen LogP) is 3.79. The third-order valence-corrected chi connectivity index (χ3v) is 3.59. The van der Waals surface area contributed by atoms with Crippen molar-refractivity contribution in [2.24, 2.45) is 0 Å². The summed E-state index contributed by atoms with van der Waals surface area (Å²) in [5.41, 5.74) is 1.83. The summed E-state index contributed by atoms with van der Waals surface area (Å²) in [6.45, 7) is 4.57. The van der Waals surface area contributed by atoms with Crippen molar-refractivity contribution in [3.8, 4) is 0 Å². The molecule has 2 aromatic rings. The van der Waals surface area contributed by atoms with E-state index in [1.54, 1.807) is 6.20 Å². The highest BCUT2D eigenvalue weighted by Crippen LogP contribution is 2.19. The normalized spacial score (nSPS) is 11.3. The van der Waals surface area contributed by atoms with Crippen LogP contribution in [0.5, 0.6) is 0 Å². The molecule has 0 fully saturated rings. The lowest BCUT2D eigenvalue weighted by molar-refractivity contribution is 0.129. The van der Waals surface area contributed by atoms with E-state index < -0.39 is 0 Å². The SMILES string of the molecule is CCCOCCCn1c(CCCl)nc2cc(Br)cnc21. The minimum Gasteiger partial charge on any atom is -0.381 e. The molecular formula is C14H19BrClN3O. The van der Waals surface area contributed by atoms with Crippen molar-refractivity contribution >= 4 is 38.7 Å². The first-order valence-corrected chi connectivity index (χ1v) is 8.23. The maximum atomic E-state index is 5.86. The van der Waals surface area contributed by atoms with E-state index in [1.807, 2.05) is 6.07 Å². The van der Waals surface area contributed by atoms with Crippen LogP contribution in [0.4, 0.5) is 0 Å². The standard InChI is InChI=1S/C14H19BrClN3O/c1-2-7-20-8-3-6-19-13(4-5-16)18-12-9-11(15)10-17-14(12)19/h9-10H,2-8H2,1H3. The van der Waals surface area contributed by atoms with Gasteiger partial charge in [-0.2, -0.15) is 0 Å². The minimum absolute atomic E-state index is 0.566. The van der Waals surface area contributed by atoms with Gasteiger partial charge in [0.15, 0.2) is 5.65 Å². The summed E-state index contributed by atoms with van der Waals surface area (Å²) in [6, 6.07) is 1.99. The van der Waals surface area contributed by atoms with E-state index in [9.17, 15) is 0 Å². The first-order chi connectivity index (χ1) is 9.76. The van der Waals surface area contributed by atoms with Gasteiger partial charge >= 0.3 is 0 Å². The van der Waals surface area contributed by atoms with Gasteiger partial charge in [-0.3, -0.25) is 0 Å². The summed E-state index contributed by atoms with van der Waals surface area (Å²) in [7, 11) is 0. The Kier molecular flexibility index (Phi) is 6.26. The molecule has 0 aromatic carbocycles. The molecule has 0 amide bonds. The molecule has 6 heteroatoms. The van der Waals surface area contributed by atoms with Crippen molar-refractivity contribution in [2.45, 2.75) is 32.7 Å². The Bertz CT molecular complexity index is 559. The van der Waals surface area contributed by atoms with Gasteiger partial charge in [0, 0.05) is 42.7 Å². The average Bonchev–Trinajstić information content (AvgIpc) is 2.76. The number of aryl methyl sites for hydroxylation is 2. The van der Waals surface area contributed by atoms with Crippen LogP contribution in [-0.4, -0.2) is 33.6 Å². The molecule has 0 saturated heterocycles. The fraction of sp³-hybridized carbons (Fsp3) is 0.571. The van der Waals surface area contributed by atoms with Crippen LogP contribution in [0.15, 0.2) is 16.7 Å². The quantitative estimate of drug-likeness (QED) is 0.531. The number of pyridine rings is 1. The molecule has 0 unspecified atom stereocenters. The molecule has 20 heavy (non-hydrogen) atoms. The van der Waals surface area contributed by atoms with Crippen molar-refractivity contribution in [1.82, 2.24) is 14.5 Å². The van der Waals surface area contributed by atoms with Crippen LogP contribution < -0.4 is 0 Å². The Morgan fingerprint density at radius 1 is 1.40 bits per heavy atom. The smallest absolute Gasteiger partial charge is 0.160 e. The Labute approximate surface area is 132 Å². The van der Waals surface area contributed by atoms with E-state index in [-0.39, 0.29) is 0 Å². The number of ether oxygens (including phenoxy) is 1. The molecule has 0 aliphatic carbocycles. The summed E-state index contributed by atoms with van der Waals surface area (Å²) in [5.74, 6) is 1.56. The van der Waals surface area contributed by atoms with Crippen molar-refractivity contribution in [1.29, 1.82) is 0 Å². The number of imidazole rings is 1. The average molecular weight is 361 g/mol. The van der Waals surface area contributed by atoms with Gasteiger partial charge in [0.25, 0.3) is 0 Å². The van der Waals surface area contributed by atoms with Gasteiger partial charge in [0.1, 0.15) is 11.3 Å². The zero-order valence-electron chi connectivity index (χ0n) is 11.6. The summed E-state index contributed by atoms with van der Waals surface area (Å²) in [4.78, 5) is 9.09. The monoisotopic (exact) mass is 359 g/mol. The van der Waals surface area contributed by atoms with Gasteiger partial charge in [-0.05, 0) is 34.8 Å². The maximum Gasteiger partial charge on any atom is 0.160 e. The summed E-state index contributed by atoms with van der Waals surface area (Å²) < 4.78 is 8.62. The number of alkyl halides is 1. The molecule has 0 atom stereocenters. The summed E-state index contributed by atoms with van der Waals surface area (Å²) >= 11 is 9.29. The third-order valence-electron chi connectivity index (χ3n) is 2.97. The number of aromatic nitrogens is 3. The largest absolute Gasteiger partial charge is 0.381 e. The Balaban J connectivity index is 2.13. The Morgan fingerprint density at radius 2 is 2.25 bits per heavy atom. The molecule has 0 aliphatic heterocycles. The van der Waals surface area contributed by atoms with Crippen molar-refractivity contribution in [3.05, 3.63) is 22.6 Å². The molecule has 0 spiro atoms. The van der Waals surface area contributed by atoms with Crippen LogP contribution in [0.2, 0.25) is 0 Å². The number of rotatable bonds is 8. The first-order valence-electron chi connectivity index (χ1n) is 6.90. The van der Waals surface area contributed by atoms with Crippen LogP contribution in [0.1, 0.15) is 25.6 Å². The second-order valence-corrected chi connectivity index (χ2v) is 5.87. The number of nitrogens with zero attached hydrogens (tertiary/aromatic N) is 3. The van der Waals surface area contributed by atoms with E-state index in [0.717, 1.165) is 60.5 Å². The van der Waals surface area contributed by atoms with Crippen molar-refractivity contribution < 1.29 is 4.74 Å². The summed E-state index contributed by atoms with van der Waals surface area (Å²) in [5, 5.41) is 0. The molecule has 4 nitrogen and oxygen atoms in total. The second-order valence-electron chi connectivity index (χ2n) is 4.58. The van der Waals surface area contributed by atoms with Gasteiger partial charge in [0.2, 0.25) is 0 Å². The van der Waals surface area contributed by atoms with E-state index >= 15 is 0 Å². The maximum absolute atomic E-state index is 5.86. The molecule has 0 saturated carbocycles. The fourth-order valence-electron chi connectivity index (χ4n) is 2.11. The molecule has 0 bridgehead atoms. The fourth-order valence-corrected chi connectivity index (χ4v) is 2.60.